The Kier molecular flexibility index (Phi) is 4.15. The molecule has 0 spiro atoms. The van der Waals surface area contributed by atoms with Crippen LogP contribution in [0.2, 0.25) is 4.71 Å². The summed E-state index contributed by atoms with van der Waals surface area (Å²) in [4.78, 5) is 16.6. The van der Waals surface area contributed by atoms with Gasteiger partial charge in [0.15, 0.2) is 0 Å². The molecular weight excluding hydrogens is 298 g/mol. The van der Waals surface area contributed by atoms with Gasteiger partial charge in [0.25, 0.3) is 0 Å². The molecule has 2 rings (SSSR count). The average Bonchev–Trinajstić information content (AvgIpc) is 2.85. The van der Waals surface area contributed by atoms with Gasteiger partial charge in [-0.25, -0.2) is 0 Å². The zero-order valence-corrected chi connectivity index (χ0v) is 12.3. The van der Waals surface area contributed by atoms with E-state index >= 15 is 0 Å². The third kappa shape index (κ3) is 2.35. The molecule has 1 N–H and O–H groups in total. The number of alkyl halides is 1. The Bertz CT molecular complexity index is 420. The second-order valence-corrected chi connectivity index (χ2v) is 5.96. The van der Waals surface area contributed by atoms with Gasteiger partial charge in [-0.05, 0) is 0 Å². The molecule has 1 aliphatic rings. The molecule has 1 fully saturated rings. The van der Waals surface area contributed by atoms with Crippen molar-refractivity contribution >= 4 is 23.1 Å². The molecule has 18 heavy (non-hydrogen) atoms. The summed E-state index contributed by atoms with van der Waals surface area (Å²) in [5.74, 6) is 0. The molecule has 2 heterocycles. The number of likely N-dealkylation sites (tertiary alicyclic amines) is 1. The Labute approximate surface area is 114 Å². The van der Waals surface area contributed by atoms with Crippen LogP contribution in [0.15, 0.2) is 24.5 Å². The SMILES string of the molecule is O=C[C@H]([AsH2])[C@@](O)(c1ccncc1)N1CC[C@@H](F)C1. The van der Waals surface area contributed by atoms with Gasteiger partial charge in [0.05, 0.1) is 0 Å². The Morgan fingerprint density at radius 1 is 1.61 bits per heavy atom. The van der Waals surface area contributed by atoms with Crippen LogP contribution in [0.25, 0.3) is 0 Å². The quantitative estimate of drug-likeness (QED) is 0.622. The number of nitrogens with zero attached hydrogens (tertiary/aromatic N) is 2. The summed E-state index contributed by atoms with van der Waals surface area (Å²) in [6.45, 7) is 0.612. The van der Waals surface area contributed by atoms with Gasteiger partial charge >= 0.3 is 114 Å². The van der Waals surface area contributed by atoms with Gasteiger partial charge in [0.2, 0.25) is 0 Å². The summed E-state index contributed by atoms with van der Waals surface area (Å²) in [5, 5.41) is 10.9. The van der Waals surface area contributed by atoms with Crippen molar-refractivity contribution in [1.29, 1.82) is 0 Å². The maximum atomic E-state index is 13.3. The summed E-state index contributed by atoms with van der Waals surface area (Å²) in [7, 11) is 0. The van der Waals surface area contributed by atoms with Gasteiger partial charge < -0.3 is 0 Å². The van der Waals surface area contributed by atoms with E-state index in [4.69, 9.17) is 0 Å². The molecule has 0 aromatic carbocycles. The van der Waals surface area contributed by atoms with Crippen molar-refractivity contribution < 1.29 is 14.3 Å². The average molecular weight is 314 g/mol. The second kappa shape index (κ2) is 5.47. The fourth-order valence-corrected chi connectivity index (χ4v) is 3.15. The normalized spacial score (nSPS) is 25.6. The van der Waals surface area contributed by atoms with E-state index < -0.39 is 16.6 Å². The Morgan fingerprint density at radius 3 is 2.78 bits per heavy atom. The van der Waals surface area contributed by atoms with E-state index in [2.05, 4.69) is 4.98 Å². The molecule has 1 saturated heterocycles. The fraction of sp³-hybridized carbons (Fsp3) is 0.500. The van der Waals surface area contributed by atoms with E-state index in [1.807, 2.05) is 0 Å². The van der Waals surface area contributed by atoms with E-state index in [1.165, 1.54) is 0 Å². The van der Waals surface area contributed by atoms with E-state index in [1.54, 1.807) is 29.4 Å². The molecule has 0 aliphatic carbocycles. The van der Waals surface area contributed by atoms with Gasteiger partial charge in [-0.15, -0.1) is 0 Å². The molecule has 0 radical (unpaired) electrons. The van der Waals surface area contributed by atoms with Crippen LogP contribution >= 0.6 is 0 Å². The number of carbonyl (C=O) groups excluding carboxylic acids is 1. The van der Waals surface area contributed by atoms with E-state index in [0.29, 0.717) is 18.5 Å². The predicted octanol–water partition coefficient (Wildman–Crippen LogP) is -0.109. The monoisotopic (exact) mass is 314 g/mol. The summed E-state index contributed by atoms with van der Waals surface area (Å²) in [5.41, 5.74) is -0.834. The molecule has 4 atom stereocenters. The summed E-state index contributed by atoms with van der Waals surface area (Å²) < 4.78 is 12.8. The molecule has 1 aliphatic heterocycles. The standard InChI is InChI=1S/C12H16AsFN2O2/c13-11(8-17)12(18,9-1-4-15-5-2-9)16-6-3-10(14)7-16/h1-2,4-5,8,10-11,18H,3,6-7,13H2/t10-,11+,12+/m1/s1. The van der Waals surface area contributed by atoms with E-state index in [0.717, 1.165) is 23.1 Å². The molecule has 1 unspecified atom stereocenters. The number of halogens is 1. The molecule has 4 nitrogen and oxygen atoms in total. The Morgan fingerprint density at radius 2 is 2.28 bits per heavy atom. The zero-order chi connectivity index (χ0) is 13.2. The number of hydrogen-bond acceptors (Lipinski definition) is 4. The number of carbonyl (C=O) groups is 1. The minimum atomic E-state index is -1.43. The van der Waals surface area contributed by atoms with Crippen LogP contribution in [0.5, 0.6) is 0 Å². The first-order chi connectivity index (χ1) is 8.59. The van der Waals surface area contributed by atoms with Crippen molar-refractivity contribution in [3.05, 3.63) is 30.1 Å². The Balaban J connectivity index is 2.38. The fourth-order valence-electron chi connectivity index (χ4n) is 2.31. The van der Waals surface area contributed by atoms with Crippen LogP contribution in [-0.2, 0) is 10.5 Å². The second-order valence-electron chi connectivity index (χ2n) is 4.46. The van der Waals surface area contributed by atoms with Gasteiger partial charge in [-0.3, -0.25) is 0 Å². The van der Waals surface area contributed by atoms with Crippen LogP contribution in [0.4, 0.5) is 4.39 Å². The van der Waals surface area contributed by atoms with Crippen LogP contribution in [0, 0.1) is 0 Å². The van der Waals surface area contributed by atoms with Crippen LogP contribution in [-0.4, -0.2) is 57.4 Å². The van der Waals surface area contributed by atoms with Crippen molar-refractivity contribution in [2.24, 2.45) is 0 Å². The molecule has 0 amide bonds. The van der Waals surface area contributed by atoms with Gasteiger partial charge in [-0.2, -0.15) is 0 Å². The van der Waals surface area contributed by atoms with Crippen molar-refractivity contribution in [3.8, 4) is 0 Å². The summed E-state index contributed by atoms with van der Waals surface area (Å²) in [6.07, 6.45) is 3.31. The molecule has 0 saturated carbocycles. The third-order valence-corrected chi connectivity index (χ3v) is 4.63. The van der Waals surface area contributed by atoms with Gasteiger partial charge in [-0.1, -0.05) is 0 Å². The molecule has 0 bridgehead atoms. The number of hydrogen-bond donors (Lipinski definition) is 1. The van der Waals surface area contributed by atoms with E-state index in [9.17, 15) is 14.3 Å². The molecule has 1 aromatic rings. The van der Waals surface area contributed by atoms with Gasteiger partial charge in [0, 0.05) is 0 Å². The number of aldehydes is 1. The summed E-state index contributed by atoms with van der Waals surface area (Å²) in [6, 6.07) is 3.34. The van der Waals surface area contributed by atoms with E-state index in [-0.39, 0.29) is 6.54 Å². The van der Waals surface area contributed by atoms with Crippen molar-refractivity contribution in [3.63, 3.8) is 0 Å². The molecule has 1 aromatic heterocycles. The predicted molar refractivity (Wildman–Crippen MR) is 67.6 cm³/mol. The zero-order valence-electron chi connectivity index (χ0n) is 9.87. The van der Waals surface area contributed by atoms with Gasteiger partial charge in [0.1, 0.15) is 0 Å². The molecule has 98 valence electrons. The first-order valence-corrected chi connectivity index (χ1v) is 7.21. The number of aliphatic hydroxyl groups is 1. The number of rotatable bonds is 4. The number of pyridine rings is 1. The summed E-state index contributed by atoms with van der Waals surface area (Å²) >= 11 is 1.13. The van der Waals surface area contributed by atoms with Crippen molar-refractivity contribution in [2.75, 3.05) is 13.1 Å². The topological polar surface area (TPSA) is 53.4 Å². The van der Waals surface area contributed by atoms with Crippen LogP contribution in [0.1, 0.15) is 12.0 Å². The van der Waals surface area contributed by atoms with Crippen molar-refractivity contribution in [2.45, 2.75) is 23.0 Å². The van der Waals surface area contributed by atoms with Crippen LogP contribution in [0.3, 0.4) is 0 Å². The van der Waals surface area contributed by atoms with Crippen molar-refractivity contribution in [1.82, 2.24) is 9.88 Å². The first kappa shape index (κ1) is 13.7. The maximum absolute atomic E-state index is 13.3. The Hall–Kier alpha value is -0.772. The minimum absolute atomic E-state index is 0.160. The number of aromatic nitrogens is 1. The molecular formula is C12H16AsFN2O2. The van der Waals surface area contributed by atoms with Crippen LogP contribution < -0.4 is 0 Å². The third-order valence-electron chi connectivity index (χ3n) is 3.33. The first-order valence-electron chi connectivity index (χ1n) is 5.82. The molecule has 6 heteroatoms.